The average molecular weight is 415 g/mol. The van der Waals surface area contributed by atoms with Crippen LogP contribution in [0.1, 0.15) is 90.8 Å². The first-order chi connectivity index (χ1) is 14.3. The summed E-state index contributed by atoms with van der Waals surface area (Å²) in [5.74, 6) is 6.81. The van der Waals surface area contributed by atoms with Gasteiger partial charge in [-0.3, -0.25) is 0 Å². The second-order valence-corrected chi connectivity index (χ2v) is 11.9. The second-order valence-electron chi connectivity index (χ2n) is 11.9. The van der Waals surface area contributed by atoms with Crippen molar-refractivity contribution in [1.82, 2.24) is 20.2 Å². The molecule has 0 aliphatic heterocycles. The first kappa shape index (κ1) is 20.9. The lowest BCUT2D eigenvalue weighted by atomic mass is 9.48. The van der Waals surface area contributed by atoms with Crippen molar-refractivity contribution >= 4 is 0 Å². The summed E-state index contributed by atoms with van der Waals surface area (Å²) in [5.41, 5.74) is 0.133. The summed E-state index contributed by atoms with van der Waals surface area (Å²) in [6.07, 6.45) is 12.8. The van der Waals surface area contributed by atoms with Crippen LogP contribution in [0, 0.1) is 53.8 Å². The van der Waals surface area contributed by atoms with Gasteiger partial charge < -0.3 is 5.11 Å². The number of fused-ring (bicyclic) bond motifs is 5. The van der Waals surface area contributed by atoms with E-state index in [-0.39, 0.29) is 5.60 Å². The van der Waals surface area contributed by atoms with E-state index >= 15 is 0 Å². The zero-order valence-electron chi connectivity index (χ0n) is 19.6. The molecule has 0 unspecified atom stereocenters. The Morgan fingerprint density at radius 1 is 1.07 bits per heavy atom. The zero-order valence-corrected chi connectivity index (χ0v) is 19.6. The van der Waals surface area contributed by atoms with Crippen LogP contribution in [0.5, 0.6) is 0 Å². The minimum atomic E-state index is -0.362. The molecule has 0 amide bonds. The van der Waals surface area contributed by atoms with Crippen molar-refractivity contribution in [2.75, 3.05) is 0 Å². The summed E-state index contributed by atoms with van der Waals surface area (Å²) < 4.78 is 2.01. The van der Waals surface area contributed by atoms with Gasteiger partial charge in [-0.05, 0) is 128 Å². The molecule has 5 heteroatoms. The first-order valence-corrected chi connectivity index (χ1v) is 12.8. The van der Waals surface area contributed by atoms with E-state index in [9.17, 15) is 5.11 Å². The van der Waals surface area contributed by atoms with Gasteiger partial charge in [0.2, 0.25) is 0 Å². The fourth-order valence-corrected chi connectivity index (χ4v) is 9.08. The molecule has 0 bridgehead atoms. The lowest BCUT2D eigenvalue weighted by Crippen LogP contribution is -2.51. The van der Waals surface area contributed by atoms with Crippen molar-refractivity contribution in [3.05, 3.63) is 5.82 Å². The normalized spacial score (nSPS) is 46.7. The van der Waals surface area contributed by atoms with E-state index in [0.717, 1.165) is 67.1 Å². The van der Waals surface area contributed by atoms with Gasteiger partial charge >= 0.3 is 0 Å². The molecule has 1 aromatic heterocycles. The molecule has 1 aromatic rings. The Morgan fingerprint density at radius 2 is 1.87 bits per heavy atom. The maximum Gasteiger partial charge on any atom is 0.148 e. The number of aliphatic hydroxyl groups is 1. The molecule has 4 fully saturated rings. The Morgan fingerprint density at radius 3 is 2.60 bits per heavy atom. The van der Waals surface area contributed by atoms with Crippen LogP contribution in [0.25, 0.3) is 0 Å². The molecule has 5 rings (SSSR count). The van der Waals surface area contributed by atoms with Gasteiger partial charge in [-0.15, -0.1) is 5.10 Å². The molecule has 5 nitrogen and oxygen atoms in total. The molecule has 4 aliphatic rings. The van der Waals surface area contributed by atoms with Crippen molar-refractivity contribution in [3.63, 3.8) is 0 Å². The molecule has 0 spiro atoms. The Bertz CT molecular complexity index is 764. The zero-order chi connectivity index (χ0) is 21.1. The molecule has 1 N–H and O–H groups in total. The monoisotopic (exact) mass is 414 g/mol. The molecule has 0 radical (unpaired) electrons. The van der Waals surface area contributed by atoms with Crippen LogP contribution in [0.2, 0.25) is 0 Å². The topological polar surface area (TPSA) is 63.8 Å². The van der Waals surface area contributed by atoms with E-state index in [1.165, 1.54) is 44.9 Å². The van der Waals surface area contributed by atoms with Gasteiger partial charge in [0, 0.05) is 6.54 Å². The van der Waals surface area contributed by atoms with E-state index in [4.69, 9.17) is 0 Å². The number of hydrogen-bond donors (Lipinski definition) is 1. The maximum absolute atomic E-state index is 10.9. The molecule has 168 valence electrons. The highest BCUT2D eigenvalue weighted by atomic mass is 16.3. The van der Waals surface area contributed by atoms with Gasteiger partial charge in [-0.2, -0.15) is 0 Å². The van der Waals surface area contributed by atoms with Gasteiger partial charge in [0.1, 0.15) is 5.82 Å². The highest BCUT2D eigenvalue weighted by molar-refractivity contribution is 5.07. The van der Waals surface area contributed by atoms with E-state index in [1.807, 2.05) is 11.6 Å². The number of nitrogens with zero attached hydrogens (tertiary/aromatic N) is 4. The number of aryl methyl sites for hydroxylation is 1. The third kappa shape index (κ3) is 3.25. The molecule has 30 heavy (non-hydrogen) atoms. The summed E-state index contributed by atoms with van der Waals surface area (Å²) in [4.78, 5) is 0. The van der Waals surface area contributed by atoms with Gasteiger partial charge in [-0.1, -0.05) is 20.8 Å². The quantitative estimate of drug-likeness (QED) is 0.751. The van der Waals surface area contributed by atoms with E-state index in [2.05, 4.69) is 36.3 Å². The molecule has 1 heterocycles. The summed E-state index contributed by atoms with van der Waals surface area (Å²) in [6.45, 7) is 10.2. The van der Waals surface area contributed by atoms with Crippen molar-refractivity contribution in [2.45, 2.75) is 104 Å². The van der Waals surface area contributed by atoms with Crippen molar-refractivity contribution in [2.24, 2.45) is 46.8 Å². The van der Waals surface area contributed by atoms with Crippen molar-refractivity contribution < 1.29 is 5.11 Å². The van der Waals surface area contributed by atoms with E-state index in [0.29, 0.717) is 11.3 Å². The van der Waals surface area contributed by atoms with Crippen molar-refractivity contribution in [3.8, 4) is 0 Å². The standard InChI is InChI=1S/C25H42N4O/c1-5-25(30)13-11-19-18(14-25)6-7-21-20(19)10-12-24(4)22(8-9-23(21)24)16(2)15-29-17(3)26-27-28-29/h16,18-23,30H,5-15H2,1-4H3/t16-,18+,19+,20-,21-,22-,23+,24-,25-/m1/s1. The van der Waals surface area contributed by atoms with Crippen molar-refractivity contribution in [1.29, 1.82) is 0 Å². The van der Waals surface area contributed by atoms with Gasteiger partial charge in [0.05, 0.1) is 5.60 Å². The lowest BCUT2D eigenvalue weighted by molar-refractivity contribution is -0.109. The van der Waals surface area contributed by atoms with Crippen LogP contribution >= 0.6 is 0 Å². The molecule has 0 saturated heterocycles. The lowest BCUT2D eigenvalue weighted by Gasteiger charge is -2.57. The third-order valence-electron chi connectivity index (χ3n) is 10.7. The SMILES string of the molecule is CC[C@@]1(O)CC[C@H]2[C@@H](CC[C@@H]3[C@@H]2CC[C@]2(C)[C@@H]([C@H](C)Cn4nnnc4C)CC[C@@H]32)C1. The minimum Gasteiger partial charge on any atom is -0.390 e. The second kappa shape index (κ2) is 7.56. The Kier molecular flexibility index (Phi) is 5.27. The largest absolute Gasteiger partial charge is 0.390 e. The number of tetrazole rings is 1. The van der Waals surface area contributed by atoms with E-state index < -0.39 is 0 Å². The fraction of sp³-hybridized carbons (Fsp3) is 0.960. The summed E-state index contributed by atoms with van der Waals surface area (Å²) >= 11 is 0. The molecular weight excluding hydrogens is 372 g/mol. The van der Waals surface area contributed by atoms with Gasteiger partial charge in [0.25, 0.3) is 0 Å². The van der Waals surface area contributed by atoms with Crippen LogP contribution < -0.4 is 0 Å². The molecule has 4 aliphatic carbocycles. The Balaban J connectivity index is 1.30. The summed E-state index contributed by atoms with van der Waals surface area (Å²) in [7, 11) is 0. The van der Waals surface area contributed by atoms with Gasteiger partial charge in [-0.25, -0.2) is 4.68 Å². The molecule has 4 saturated carbocycles. The van der Waals surface area contributed by atoms with Crippen LogP contribution in [0.4, 0.5) is 0 Å². The van der Waals surface area contributed by atoms with Crippen LogP contribution in [0.15, 0.2) is 0 Å². The highest BCUT2D eigenvalue weighted by Crippen LogP contribution is 2.65. The predicted octanol–water partition coefficient (Wildman–Crippen LogP) is 5.03. The molecule has 0 aromatic carbocycles. The Labute approximate surface area is 182 Å². The number of rotatable bonds is 4. The van der Waals surface area contributed by atoms with Crippen LogP contribution in [0.3, 0.4) is 0 Å². The molecular formula is C25H42N4O. The predicted molar refractivity (Wildman–Crippen MR) is 118 cm³/mol. The average Bonchev–Trinajstić information content (AvgIpc) is 3.30. The smallest absolute Gasteiger partial charge is 0.148 e. The van der Waals surface area contributed by atoms with Crippen LogP contribution in [-0.2, 0) is 6.54 Å². The number of hydrogen-bond acceptors (Lipinski definition) is 4. The number of aromatic nitrogens is 4. The Hall–Kier alpha value is -0.970. The summed E-state index contributed by atoms with van der Waals surface area (Å²) in [6, 6.07) is 0. The van der Waals surface area contributed by atoms with Crippen LogP contribution in [-0.4, -0.2) is 30.9 Å². The minimum absolute atomic E-state index is 0.362. The van der Waals surface area contributed by atoms with Gasteiger partial charge in [0.15, 0.2) is 0 Å². The fourth-order valence-electron chi connectivity index (χ4n) is 9.08. The third-order valence-corrected chi connectivity index (χ3v) is 10.7. The maximum atomic E-state index is 10.9. The molecule has 9 atom stereocenters. The first-order valence-electron chi connectivity index (χ1n) is 12.8. The summed E-state index contributed by atoms with van der Waals surface area (Å²) in [5, 5.41) is 23.1. The van der Waals surface area contributed by atoms with E-state index in [1.54, 1.807) is 0 Å². The highest BCUT2D eigenvalue weighted by Gasteiger charge is 2.58.